The molecule has 0 amide bonds. The van der Waals surface area contributed by atoms with E-state index in [-0.39, 0.29) is 12.3 Å². The average Bonchev–Trinajstić information content (AvgIpc) is 2.45. The monoisotopic (exact) mass is 350 g/mol. The second-order valence-corrected chi connectivity index (χ2v) is 5.10. The maximum atomic E-state index is 13.1. The number of anilines is 1. The third kappa shape index (κ3) is 3.44. The fraction of sp³-hybridized carbons (Fsp3) is 0.133. The van der Waals surface area contributed by atoms with Gasteiger partial charge < -0.3 is 15.2 Å². The van der Waals surface area contributed by atoms with E-state index in [1.807, 2.05) is 6.07 Å². The van der Waals surface area contributed by atoms with E-state index in [9.17, 15) is 4.39 Å². The number of nitriles is 1. The summed E-state index contributed by atoms with van der Waals surface area (Å²) in [4.78, 5) is 0. The van der Waals surface area contributed by atoms with Crippen LogP contribution in [0.3, 0.4) is 0 Å². The first-order chi connectivity index (χ1) is 10.0. The minimum atomic E-state index is -0.438. The van der Waals surface area contributed by atoms with E-state index in [2.05, 4.69) is 15.9 Å². The quantitative estimate of drug-likeness (QED) is 0.854. The Morgan fingerprint density at radius 3 is 2.71 bits per heavy atom. The fourth-order valence-electron chi connectivity index (χ4n) is 1.81. The zero-order valence-corrected chi connectivity index (χ0v) is 12.8. The Morgan fingerprint density at radius 1 is 1.33 bits per heavy atom. The molecule has 4 nitrogen and oxygen atoms in total. The molecular weight excluding hydrogens is 339 g/mol. The zero-order valence-electron chi connectivity index (χ0n) is 11.2. The Kier molecular flexibility index (Phi) is 4.66. The molecule has 0 spiro atoms. The van der Waals surface area contributed by atoms with Crippen molar-refractivity contribution in [1.82, 2.24) is 0 Å². The standard InChI is InChI=1S/C15H12BrFN2O2/c1-20-14-4-9(2-3-10(14)7-18)8-21-15-12(16)5-11(17)6-13(15)19/h2-6H,8,19H2,1H3. The van der Waals surface area contributed by atoms with Crippen molar-refractivity contribution in [1.29, 1.82) is 5.26 Å². The van der Waals surface area contributed by atoms with E-state index in [1.165, 1.54) is 19.2 Å². The van der Waals surface area contributed by atoms with Gasteiger partial charge in [-0.15, -0.1) is 0 Å². The molecule has 2 aromatic rings. The number of nitrogen functional groups attached to an aromatic ring is 1. The van der Waals surface area contributed by atoms with Gasteiger partial charge >= 0.3 is 0 Å². The highest BCUT2D eigenvalue weighted by Gasteiger charge is 2.10. The van der Waals surface area contributed by atoms with E-state index in [4.69, 9.17) is 20.5 Å². The molecule has 0 unspecified atom stereocenters. The first kappa shape index (κ1) is 15.1. The molecule has 2 N–H and O–H groups in total. The van der Waals surface area contributed by atoms with Crippen LogP contribution in [0.25, 0.3) is 0 Å². The molecule has 0 heterocycles. The SMILES string of the molecule is COc1cc(COc2c(N)cc(F)cc2Br)ccc1C#N. The number of hydrogen-bond acceptors (Lipinski definition) is 4. The van der Waals surface area contributed by atoms with Crippen LogP contribution < -0.4 is 15.2 Å². The van der Waals surface area contributed by atoms with Crippen LogP contribution in [-0.2, 0) is 6.61 Å². The smallest absolute Gasteiger partial charge is 0.157 e. The highest BCUT2D eigenvalue weighted by molar-refractivity contribution is 9.10. The summed E-state index contributed by atoms with van der Waals surface area (Å²) in [5.41, 5.74) is 7.19. The van der Waals surface area contributed by atoms with Gasteiger partial charge in [0.15, 0.2) is 5.75 Å². The van der Waals surface area contributed by atoms with Crippen LogP contribution in [0.1, 0.15) is 11.1 Å². The minimum absolute atomic E-state index is 0.211. The largest absolute Gasteiger partial charge is 0.495 e. The molecule has 0 saturated heterocycles. The van der Waals surface area contributed by atoms with Gasteiger partial charge in [-0.1, -0.05) is 6.07 Å². The number of hydrogen-bond donors (Lipinski definition) is 1. The molecule has 6 heteroatoms. The van der Waals surface area contributed by atoms with Gasteiger partial charge in [-0.05, 0) is 39.7 Å². The molecule has 0 aromatic heterocycles. The molecule has 21 heavy (non-hydrogen) atoms. The lowest BCUT2D eigenvalue weighted by molar-refractivity contribution is 0.304. The summed E-state index contributed by atoms with van der Waals surface area (Å²) >= 11 is 3.21. The van der Waals surface area contributed by atoms with Gasteiger partial charge in [-0.3, -0.25) is 0 Å². The summed E-state index contributed by atoms with van der Waals surface area (Å²) in [5, 5.41) is 8.93. The first-order valence-corrected chi connectivity index (χ1v) is 6.78. The molecule has 2 aromatic carbocycles. The van der Waals surface area contributed by atoms with Gasteiger partial charge in [-0.2, -0.15) is 5.26 Å². The maximum absolute atomic E-state index is 13.1. The van der Waals surface area contributed by atoms with Crippen LogP contribution in [0.15, 0.2) is 34.8 Å². The van der Waals surface area contributed by atoms with Crippen molar-refractivity contribution in [3.63, 3.8) is 0 Å². The van der Waals surface area contributed by atoms with Gasteiger partial charge in [0.2, 0.25) is 0 Å². The number of nitrogens with zero attached hydrogens (tertiary/aromatic N) is 1. The second kappa shape index (κ2) is 6.46. The Balaban J connectivity index is 2.19. The van der Waals surface area contributed by atoms with Crippen LogP contribution in [0.5, 0.6) is 11.5 Å². The Morgan fingerprint density at radius 2 is 2.10 bits per heavy atom. The van der Waals surface area contributed by atoms with E-state index >= 15 is 0 Å². The summed E-state index contributed by atoms with van der Waals surface area (Å²) in [6.45, 7) is 0.219. The molecule has 0 atom stereocenters. The molecule has 0 bridgehead atoms. The Labute approximate surface area is 130 Å². The van der Waals surface area contributed by atoms with Crippen LogP contribution in [0.2, 0.25) is 0 Å². The molecule has 0 radical (unpaired) electrons. The van der Waals surface area contributed by atoms with Gasteiger partial charge in [0.1, 0.15) is 24.2 Å². The average molecular weight is 351 g/mol. The number of ether oxygens (including phenoxy) is 2. The maximum Gasteiger partial charge on any atom is 0.157 e. The fourth-order valence-corrected chi connectivity index (χ4v) is 2.37. The lowest BCUT2D eigenvalue weighted by Crippen LogP contribution is -2.01. The van der Waals surface area contributed by atoms with E-state index in [1.54, 1.807) is 18.2 Å². The lowest BCUT2D eigenvalue weighted by atomic mass is 10.1. The lowest BCUT2D eigenvalue weighted by Gasteiger charge is -2.12. The zero-order chi connectivity index (χ0) is 15.4. The molecule has 108 valence electrons. The predicted octanol–water partition coefficient (Wildman–Crippen LogP) is 3.63. The number of halogens is 2. The van der Waals surface area contributed by atoms with Crippen molar-refractivity contribution in [3.05, 3.63) is 51.7 Å². The summed E-state index contributed by atoms with van der Waals surface area (Å²) in [5.74, 6) is 0.413. The van der Waals surface area contributed by atoms with Crippen molar-refractivity contribution < 1.29 is 13.9 Å². The van der Waals surface area contributed by atoms with Crippen molar-refractivity contribution >= 4 is 21.6 Å². The molecule has 0 aliphatic rings. The number of benzene rings is 2. The number of rotatable bonds is 4. The number of methoxy groups -OCH3 is 1. The van der Waals surface area contributed by atoms with E-state index < -0.39 is 5.82 Å². The van der Waals surface area contributed by atoms with Gasteiger partial charge in [0.05, 0.1) is 22.8 Å². The third-order valence-corrected chi connectivity index (χ3v) is 3.40. The molecule has 0 aliphatic heterocycles. The van der Waals surface area contributed by atoms with Crippen molar-refractivity contribution in [2.45, 2.75) is 6.61 Å². The second-order valence-electron chi connectivity index (χ2n) is 4.24. The number of nitrogens with two attached hydrogens (primary N) is 1. The van der Waals surface area contributed by atoms with Gasteiger partial charge in [0, 0.05) is 6.07 Å². The minimum Gasteiger partial charge on any atom is -0.495 e. The van der Waals surface area contributed by atoms with Gasteiger partial charge in [-0.25, -0.2) is 4.39 Å². The molecular formula is C15H12BrFN2O2. The summed E-state index contributed by atoms with van der Waals surface area (Å²) in [7, 11) is 1.50. The summed E-state index contributed by atoms with van der Waals surface area (Å²) in [6, 6.07) is 9.64. The third-order valence-electron chi connectivity index (χ3n) is 2.81. The normalized spacial score (nSPS) is 10.0. The molecule has 2 rings (SSSR count). The van der Waals surface area contributed by atoms with Crippen LogP contribution in [0.4, 0.5) is 10.1 Å². The molecule has 0 fully saturated rings. The van der Waals surface area contributed by atoms with Crippen LogP contribution in [0, 0.1) is 17.1 Å². The van der Waals surface area contributed by atoms with Crippen LogP contribution >= 0.6 is 15.9 Å². The van der Waals surface area contributed by atoms with Gasteiger partial charge in [0.25, 0.3) is 0 Å². The highest BCUT2D eigenvalue weighted by Crippen LogP contribution is 2.33. The predicted molar refractivity (Wildman–Crippen MR) is 80.6 cm³/mol. The summed E-state index contributed by atoms with van der Waals surface area (Å²) < 4.78 is 24.3. The van der Waals surface area contributed by atoms with E-state index in [0.717, 1.165) is 5.56 Å². The van der Waals surface area contributed by atoms with Crippen molar-refractivity contribution in [3.8, 4) is 17.6 Å². The Bertz CT molecular complexity index is 690. The summed E-state index contributed by atoms with van der Waals surface area (Å²) in [6.07, 6.45) is 0. The molecule has 0 saturated carbocycles. The van der Waals surface area contributed by atoms with Crippen molar-refractivity contribution in [2.75, 3.05) is 12.8 Å². The van der Waals surface area contributed by atoms with Crippen molar-refractivity contribution in [2.24, 2.45) is 0 Å². The Hall–Kier alpha value is -2.26. The first-order valence-electron chi connectivity index (χ1n) is 5.99. The topological polar surface area (TPSA) is 68.3 Å². The molecule has 0 aliphatic carbocycles. The highest BCUT2D eigenvalue weighted by atomic mass is 79.9. The van der Waals surface area contributed by atoms with Crippen LogP contribution in [-0.4, -0.2) is 7.11 Å². The van der Waals surface area contributed by atoms with E-state index in [0.29, 0.717) is 21.5 Å².